The molecule has 1 rings (SSSR count). The van der Waals surface area contributed by atoms with E-state index in [0.717, 1.165) is 13.0 Å². The number of ether oxygens (including phenoxy) is 1. The van der Waals surface area contributed by atoms with Crippen molar-refractivity contribution in [3.05, 3.63) is 12.2 Å². The van der Waals surface area contributed by atoms with Gasteiger partial charge in [-0.15, -0.1) is 6.58 Å². The van der Waals surface area contributed by atoms with Gasteiger partial charge in [-0.3, -0.25) is 0 Å². The largest absolute Gasteiger partial charge is 0.380 e. The van der Waals surface area contributed by atoms with Crippen LogP contribution in [0.4, 0.5) is 0 Å². The molecule has 2 heteroatoms. The molecule has 0 heterocycles. The standard InChI is InChI=1S/C11H21NO/c1-9(2)7-8-12-10-5-4-6-11(10)13-3/h10-12H,1,4-8H2,2-3H3. The first-order chi connectivity index (χ1) is 6.24. The molecule has 2 unspecified atom stereocenters. The highest BCUT2D eigenvalue weighted by Crippen LogP contribution is 2.21. The summed E-state index contributed by atoms with van der Waals surface area (Å²) in [5.74, 6) is 0. The fraction of sp³-hybridized carbons (Fsp3) is 0.818. The third-order valence-corrected chi connectivity index (χ3v) is 2.71. The van der Waals surface area contributed by atoms with Gasteiger partial charge in [0.15, 0.2) is 0 Å². The minimum Gasteiger partial charge on any atom is -0.380 e. The van der Waals surface area contributed by atoms with Crippen LogP contribution in [0.5, 0.6) is 0 Å². The number of nitrogens with one attached hydrogen (secondary N) is 1. The van der Waals surface area contributed by atoms with E-state index in [1.807, 2.05) is 7.11 Å². The summed E-state index contributed by atoms with van der Waals surface area (Å²) in [5, 5.41) is 3.53. The van der Waals surface area contributed by atoms with Crippen molar-refractivity contribution in [2.75, 3.05) is 13.7 Å². The van der Waals surface area contributed by atoms with Crippen LogP contribution in [0.15, 0.2) is 12.2 Å². The zero-order valence-corrected chi connectivity index (χ0v) is 8.81. The molecule has 2 atom stereocenters. The van der Waals surface area contributed by atoms with Crippen molar-refractivity contribution >= 4 is 0 Å². The highest BCUT2D eigenvalue weighted by molar-refractivity contribution is 4.90. The smallest absolute Gasteiger partial charge is 0.0724 e. The predicted octanol–water partition coefficient (Wildman–Crippen LogP) is 2.11. The van der Waals surface area contributed by atoms with Gasteiger partial charge in [0.05, 0.1) is 6.10 Å². The second-order valence-corrected chi connectivity index (χ2v) is 3.97. The molecular weight excluding hydrogens is 162 g/mol. The molecule has 0 amide bonds. The number of rotatable bonds is 5. The second-order valence-electron chi connectivity index (χ2n) is 3.97. The predicted molar refractivity (Wildman–Crippen MR) is 55.9 cm³/mol. The lowest BCUT2D eigenvalue weighted by Gasteiger charge is -2.19. The van der Waals surface area contributed by atoms with Crippen LogP contribution in [0.25, 0.3) is 0 Å². The van der Waals surface area contributed by atoms with Crippen molar-refractivity contribution < 1.29 is 4.74 Å². The SMILES string of the molecule is C=C(C)CCNC1CCCC1OC. The lowest BCUT2D eigenvalue weighted by Crippen LogP contribution is -2.37. The van der Waals surface area contributed by atoms with Crippen molar-refractivity contribution in [3.8, 4) is 0 Å². The molecule has 13 heavy (non-hydrogen) atoms. The van der Waals surface area contributed by atoms with Crippen LogP contribution in [-0.2, 0) is 4.74 Å². The first kappa shape index (κ1) is 10.7. The quantitative estimate of drug-likeness (QED) is 0.659. The van der Waals surface area contributed by atoms with E-state index in [0.29, 0.717) is 12.1 Å². The van der Waals surface area contributed by atoms with Gasteiger partial charge in [-0.2, -0.15) is 0 Å². The van der Waals surface area contributed by atoms with E-state index < -0.39 is 0 Å². The molecule has 0 aromatic rings. The Kier molecular flexibility index (Phi) is 4.46. The van der Waals surface area contributed by atoms with Crippen molar-refractivity contribution in [1.82, 2.24) is 5.32 Å². The molecule has 1 fully saturated rings. The molecule has 0 aliphatic heterocycles. The fourth-order valence-corrected chi connectivity index (χ4v) is 1.91. The Labute approximate surface area is 81.4 Å². The molecule has 0 saturated heterocycles. The van der Waals surface area contributed by atoms with E-state index in [2.05, 4.69) is 18.8 Å². The third kappa shape index (κ3) is 3.49. The van der Waals surface area contributed by atoms with Crippen LogP contribution >= 0.6 is 0 Å². The molecule has 76 valence electrons. The van der Waals surface area contributed by atoms with Gasteiger partial charge < -0.3 is 10.1 Å². The Balaban J connectivity index is 2.16. The Morgan fingerprint density at radius 2 is 2.31 bits per heavy atom. The molecule has 0 bridgehead atoms. The maximum absolute atomic E-state index is 5.40. The summed E-state index contributed by atoms with van der Waals surface area (Å²) in [5.41, 5.74) is 1.25. The van der Waals surface area contributed by atoms with Crippen LogP contribution in [0, 0.1) is 0 Å². The van der Waals surface area contributed by atoms with Gasteiger partial charge in [0, 0.05) is 13.2 Å². The lowest BCUT2D eigenvalue weighted by molar-refractivity contribution is 0.0854. The molecule has 1 aliphatic carbocycles. The van der Waals surface area contributed by atoms with Crippen LogP contribution in [0.2, 0.25) is 0 Å². The molecule has 1 saturated carbocycles. The molecular formula is C11H21NO. The Bertz CT molecular complexity index is 167. The Morgan fingerprint density at radius 3 is 2.92 bits per heavy atom. The van der Waals surface area contributed by atoms with Gasteiger partial charge in [-0.1, -0.05) is 5.57 Å². The van der Waals surface area contributed by atoms with Crippen molar-refractivity contribution in [1.29, 1.82) is 0 Å². The highest BCUT2D eigenvalue weighted by Gasteiger charge is 2.25. The van der Waals surface area contributed by atoms with Gasteiger partial charge >= 0.3 is 0 Å². The van der Waals surface area contributed by atoms with Gasteiger partial charge in [0.25, 0.3) is 0 Å². The summed E-state index contributed by atoms with van der Waals surface area (Å²) in [6.45, 7) is 7.00. The number of hydrogen-bond donors (Lipinski definition) is 1. The van der Waals surface area contributed by atoms with Crippen molar-refractivity contribution in [2.45, 2.75) is 44.8 Å². The van der Waals surface area contributed by atoms with Crippen LogP contribution in [0.1, 0.15) is 32.6 Å². The zero-order valence-electron chi connectivity index (χ0n) is 8.81. The summed E-state index contributed by atoms with van der Waals surface area (Å²) < 4.78 is 5.40. The topological polar surface area (TPSA) is 21.3 Å². The average molecular weight is 183 g/mol. The van der Waals surface area contributed by atoms with E-state index in [1.165, 1.54) is 24.8 Å². The maximum atomic E-state index is 5.40. The molecule has 0 aromatic heterocycles. The van der Waals surface area contributed by atoms with Gasteiger partial charge in [-0.25, -0.2) is 0 Å². The summed E-state index contributed by atoms with van der Waals surface area (Å²) in [6.07, 6.45) is 5.27. The lowest BCUT2D eigenvalue weighted by atomic mass is 10.2. The highest BCUT2D eigenvalue weighted by atomic mass is 16.5. The molecule has 0 aromatic carbocycles. The summed E-state index contributed by atoms with van der Waals surface area (Å²) in [6, 6.07) is 0.573. The monoisotopic (exact) mass is 183 g/mol. The molecule has 1 N–H and O–H groups in total. The van der Waals surface area contributed by atoms with E-state index in [-0.39, 0.29) is 0 Å². The van der Waals surface area contributed by atoms with Gasteiger partial charge in [0.2, 0.25) is 0 Å². The van der Waals surface area contributed by atoms with Gasteiger partial charge in [-0.05, 0) is 39.2 Å². The molecule has 2 nitrogen and oxygen atoms in total. The van der Waals surface area contributed by atoms with Crippen LogP contribution in [0.3, 0.4) is 0 Å². The van der Waals surface area contributed by atoms with E-state index in [9.17, 15) is 0 Å². The third-order valence-electron chi connectivity index (χ3n) is 2.71. The first-order valence-electron chi connectivity index (χ1n) is 5.14. The Morgan fingerprint density at radius 1 is 1.54 bits per heavy atom. The maximum Gasteiger partial charge on any atom is 0.0724 e. The molecule has 0 radical (unpaired) electrons. The zero-order chi connectivity index (χ0) is 9.68. The molecule has 0 spiro atoms. The fourth-order valence-electron chi connectivity index (χ4n) is 1.91. The van der Waals surface area contributed by atoms with Crippen molar-refractivity contribution in [3.63, 3.8) is 0 Å². The minimum atomic E-state index is 0.435. The summed E-state index contributed by atoms with van der Waals surface area (Å²) >= 11 is 0. The van der Waals surface area contributed by atoms with E-state index in [4.69, 9.17) is 4.74 Å². The van der Waals surface area contributed by atoms with Crippen LogP contribution in [-0.4, -0.2) is 25.8 Å². The second kappa shape index (κ2) is 5.40. The van der Waals surface area contributed by atoms with E-state index in [1.54, 1.807) is 0 Å². The number of hydrogen-bond acceptors (Lipinski definition) is 2. The van der Waals surface area contributed by atoms with Gasteiger partial charge in [0.1, 0.15) is 0 Å². The minimum absolute atomic E-state index is 0.435. The number of methoxy groups -OCH3 is 1. The summed E-state index contributed by atoms with van der Waals surface area (Å²) in [4.78, 5) is 0. The normalized spacial score (nSPS) is 27.8. The van der Waals surface area contributed by atoms with E-state index >= 15 is 0 Å². The van der Waals surface area contributed by atoms with Crippen LogP contribution < -0.4 is 5.32 Å². The summed E-state index contributed by atoms with van der Waals surface area (Å²) in [7, 11) is 1.81. The average Bonchev–Trinajstić information content (AvgIpc) is 2.51. The van der Waals surface area contributed by atoms with Crippen molar-refractivity contribution in [2.24, 2.45) is 0 Å². The molecule has 1 aliphatic rings. The Hall–Kier alpha value is -0.340. The first-order valence-corrected chi connectivity index (χ1v) is 5.14.